The Morgan fingerprint density at radius 1 is 1.15 bits per heavy atom. The van der Waals surface area contributed by atoms with Crippen molar-refractivity contribution in [1.29, 1.82) is 0 Å². The second-order valence-electron chi connectivity index (χ2n) is 6.37. The number of furan rings is 1. The number of anilines is 1. The zero-order valence-electron chi connectivity index (χ0n) is 14.3. The first-order valence-corrected chi connectivity index (χ1v) is 8.88. The molecule has 1 aliphatic rings. The number of hydrogen-bond acceptors (Lipinski definition) is 3. The Bertz CT molecular complexity index is 932. The first kappa shape index (κ1) is 16.7. The molecule has 0 spiro atoms. The Hall–Kier alpha value is -2.72. The van der Waals surface area contributed by atoms with Gasteiger partial charge >= 0.3 is 0 Å². The molecule has 1 amide bonds. The fourth-order valence-electron chi connectivity index (χ4n) is 3.25. The van der Waals surface area contributed by atoms with Crippen LogP contribution >= 0.6 is 11.6 Å². The van der Waals surface area contributed by atoms with Crippen LogP contribution in [0.3, 0.4) is 0 Å². The van der Waals surface area contributed by atoms with E-state index in [1.165, 1.54) is 5.56 Å². The summed E-state index contributed by atoms with van der Waals surface area (Å²) in [5.41, 5.74) is 2.14. The third-order valence-corrected chi connectivity index (χ3v) is 4.75. The van der Waals surface area contributed by atoms with Gasteiger partial charge in [-0.1, -0.05) is 29.8 Å². The van der Waals surface area contributed by atoms with Crippen molar-refractivity contribution in [3.63, 3.8) is 0 Å². The molecular weight excluding hydrogens is 350 g/mol. The number of nitrogens with zero attached hydrogens (tertiary/aromatic N) is 1. The lowest BCUT2D eigenvalue weighted by molar-refractivity contribution is 0.0950. The predicted molar refractivity (Wildman–Crippen MR) is 101 cm³/mol. The van der Waals surface area contributed by atoms with Crippen LogP contribution in [0, 0.1) is 0 Å². The summed E-state index contributed by atoms with van der Waals surface area (Å²) in [4.78, 5) is 14.7. The van der Waals surface area contributed by atoms with Crippen LogP contribution in [0.2, 0.25) is 5.02 Å². The van der Waals surface area contributed by atoms with Gasteiger partial charge in [0.25, 0.3) is 5.91 Å². The largest absolute Gasteiger partial charge is 0.486 e. The first-order valence-electron chi connectivity index (χ1n) is 8.50. The Morgan fingerprint density at radius 2 is 1.92 bits per heavy atom. The average molecular weight is 368 g/mol. The topological polar surface area (TPSA) is 42.7 Å². The summed E-state index contributed by atoms with van der Waals surface area (Å²) in [7, 11) is 0. The van der Waals surface area contributed by atoms with Crippen LogP contribution in [0.4, 0.5) is 5.69 Å². The highest BCUT2D eigenvalue weighted by atomic mass is 35.5. The number of benzene rings is 2. The van der Waals surface area contributed by atoms with E-state index in [0.29, 0.717) is 22.3 Å². The summed E-state index contributed by atoms with van der Waals surface area (Å²) in [5, 5.41) is 0.656. The molecule has 0 N–H and O–H groups in total. The van der Waals surface area contributed by atoms with E-state index in [-0.39, 0.29) is 18.6 Å². The Balaban J connectivity index is 1.47. The number of amides is 1. The van der Waals surface area contributed by atoms with E-state index in [1.54, 1.807) is 41.3 Å². The number of halogens is 1. The minimum absolute atomic E-state index is 0.110. The molecule has 26 heavy (non-hydrogen) atoms. The van der Waals surface area contributed by atoms with Gasteiger partial charge in [0, 0.05) is 16.8 Å². The Morgan fingerprint density at radius 3 is 2.73 bits per heavy atom. The van der Waals surface area contributed by atoms with Crippen LogP contribution in [-0.4, -0.2) is 11.9 Å². The lowest BCUT2D eigenvalue weighted by Crippen LogP contribution is -2.35. The third kappa shape index (κ3) is 3.20. The van der Waals surface area contributed by atoms with E-state index >= 15 is 0 Å². The molecule has 0 aliphatic carbocycles. The molecular formula is C21H18ClNO3. The molecule has 0 radical (unpaired) electrons. The molecule has 1 atom stereocenters. The first-order chi connectivity index (χ1) is 12.6. The second-order valence-corrected chi connectivity index (χ2v) is 6.80. The van der Waals surface area contributed by atoms with Crippen LogP contribution in [-0.2, 0) is 13.0 Å². The molecule has 2 aromatic carbocycles. The summed E-state index contributed by atoms with van der Waals surface area (Å²) in [6.07, 6.45) is 0.856. The van der Waals surface area contributed by atoms with Crippen LogP contribution in [0.25, 0.3) is 0 Å². The lowest BCUT2D eigenvalue weighted by atomic mass is 10.1. The van der Waals surface area contributed by atoms with Gasteiger partial charge in [-0.2, -0.15) is 0 Å². The fraction of sp³-hybridized carbons (Fsp3) is 0.190. The van der Waals surface area contributed by atoms with E-state index in [9.17, 15) is 4.79 Å². The van der Waals surface area contributed by atoms with E-state index in [2.05, 4.69) is 6.07 Å². The summed E-state index contributed by atoms with van der Waals surface area (Å²) in [6, 6.07) is 18.7. The van der Waals surface area contributed by atoms with E-state index in [0.717, 1.165) is 12.1 Å². The zero-order valence-corrected chi connectivity index (χ0v) is 15.1. The molecule has 4 rings (SSSR count). The van der Waals surface area contributed by atoms with Gasteiger partial charge in [-0.3, -0.25) is 4.79 Å². The molecule has 2 heterocycles. The maximum atomic E-state index is 12.9. The van der Waals surface area contributed by atoms with Crippen LogP contribution in [0.5, 0.6) is 5.75 Å². The minimum atomic E-state index is -0.125. The molecule has 1 aromatic heterocycles. The molecule has 0 bridgehead atoms. The fourth-order valence-corrected chi connectivity index (χ4v) is 3.38. The number of carbonyl (C=O) groups is 1. The van der Waals surface area contributed by atoms with Gasteiger partial charge in [0.05, 0.1) is 0 Å². The molecule has 0 fully saturated rings. The van der Waals surface area contributed by atoms with Gasteiger partial charge in [-0.25, -0.2) is 0 Å². The smallest absolute Gasteiger partial charge is 0.294 e. The quantitative estimate of drug-likeness (QED) is 0.644. The summed E-state index contributed by atoms with van der Waals surface area (Å²) in [5.74, 6) is 1.49. The lowest BCUT2D eigenvalue weighted by Gasteiger charge is -2.21. The molecule has 1 aliphatic heterocycles. The van der Waals surface area contributed by atoms with Gasteiger partial charge in [0.2, 0.25) is 0 Å². The number of rotatable bonds is 4. The van der Waals surface area contributed by atoms with Crippen molar-refractivity contribution >= 4 is 23.2 Å². The highest BCUT2D eigenvalue weighted by molar-refractivity contribution is 6.30. The van der Waals surface area contributed by atoms with Crippen LogP contribution in [0.15, 0.2) is 65.1 Å². The summed E-state index contributed by atoms with van der Waals surface area (Å²) in [6.45, 7) is 2.30. The van der Waals surface area contributed by atoms with Gasteiger partial charge in [-0.15, -0.1) is 0 Å². The maximum Gasteiger partial charge on any atom is 0.294 e. The van der Waals surface area contributed by atoms with E-state index in [4.69, 9.17) is 20.8 Å². The zero-order chi connectivity index (χ0) is 18.1. The van der Waals surface area contributed by atoms with Crippen molar-refractivity contribution in [2.24, 2.45) is 0 Å². The van der Waals surface area contributed by atoms with E-state index in [1.807, 2.05) is 25.1 Å². The predicted octanol–water partition coefficient (Wildman–Crippen LogP) is 5.10. The molecule has 3 aromatic rings. The molecule has 0 saturated heterocycles. The van der Waals surface area contributed by atoms with Gasteiger partial charge in [0.1, 0.15) is 18.1 Å². The Labute approximate surface area is 156 Å². The van der Waals surface area contributed by atoms with Crippen molar-refractivity contribution in [2.75, 3.05) is 4.90 Å². The average Bonchev–Trinajstić information content (AvgIpc) is 3.24. The summed E-state index contributed by atoms with van der Waals surface area (Å²) >= 11 is 5.86. The highest BCUT2D eigenvalue weighted by Gasteiger charge is 2.32. The molecule has 4 nitrogen and oxygen atoms in total. The van der Waals surface area contributed by atoms with Crippen LogP contribution < -0.4 is 9.64 Å². The number of hydrogen-bond donors (Lipinski definition) is 0. The van der Waals surface area contributed by atoms with Crippen LogP contribution in [0.1, 0.15) is 28.8 Å². The monoisotopic (exact) mass is 367 g/mol. The van der Waals surface area contributed by atoms with Gasteiger partial charge in [-0.05, 0) is 61.4 Å². The summed E-state index contributed by atoms with van der Waals surface area (Å²) < 4.78 is 11.4. The third-order valence-electron chi connectivity index (χ3n) is 4.49. The standard InChI is InChI=1S/C21H18ClNO3/c1-14-12-15-4-2-3-5-19(15)23(14)21(24)20-11-10-18(26-20)13-25-17-8-6-16(22)7-9-17/h2-11,14H,12-13H2,1H3. The highest BCUT2D eigenvalue weighted by Crippen LogP contribution is 2.33. The number of fused-ring (bicyclic) bond motifs is 1. The van der Waals surface area contributed by atoms with Crippen molar-refractivity contribution in [3.8, 4) is 5.75 Å². The number of para-hydroxylation sites is 1. The van der Waals surface area contributed by atoms with Crippen molar-refractivity contribution in [1.82, 2.24) is 0 Å². The van der Waals surface area contributed by atoms with Crippen molar-refractivity contribution in [2.45, 2.75) is 26.0 Å². The molecule has 0 saturated carbocycles. The number of carbonyl (C=O) groups excluding carboxylic acids is 1. The molecule has 1 unspecified atom stereocenters. The molecule has 5 heteroatoms. The second kappa shape index (κ2) is 6.89. The number of ether oxygens (including phenoxy) is 1. The maximum absolute atomic E-state index is 12.9. The Kier molecular flexibility index (Phi) is 4.43. The van der Waals surface area contributed by atoms with E-state index < -0.39 is 0 Å². The minimum Gasteiger partial charge on any atom is -0.486 e. The van der Waals surface area contributed by atoms with Gasteiger partial charge in [0.15, 0.2) is 5.76 Å². The molecule has 132 valence electrons. The van der Waals surface area contributed by atoms with Crippen molar-refractivity contribution < 1.29 is 13.9 Å². The van der Waals surface area contributed by atoms with Crippen molar-refractivity contribution in [3.05, 3.63) is 82.8 Å². The SMILES string of the molecule is CC1Cc2ccccc2N1C(=O)c1ccc(COc2ccc(Cl)cc2)o1. The van der Waals surface area contributed by atoms with Gasteiger partial charge < -0.3 is 14.1 Å². The normalized spacial score (nSPS) is 15.8.